The van der Waals surface area contributed by atoms with Crippen LogP contribution >= 0.6 is 0 Å². The number of hydrogen-bond donors (Lipinski definition) is 0. The van der Waals surface area contributed by atoms with Gasteiger partial charge in [-0.2, -0.15) is 0 Å². The lowest BCUT2D eigenvalue weighted by Crippen LogP contribution is -2.28. The monoisotopic (exact) mass is 344 g/mol. The van der Waals surface area contributed by atoms with E-state index in [9.17, 15) is 4.79 Å². The zero-order valence-corrected chi connectivity index (χ0v) is 14.9. The summed E-state index contributed by atoms with van der Waals surface area (Å²) >= 11 is 0. The fourth-order valence-electron chi connectivity index (χ4n) is 3.31. The number of amides is 1. The second-order valence-electron chi connectivity index (χ2n) is 6.29. The molecule has 25 heavy (non-hydrogen) atoms. The lowest BCUT2D eigenvalue weighted by molar-refractivity contribution is -0.130. The van der Waals surface area contributed by atoms with Crippen molar-refractivity contribution in [2.45, 2.75) is 25.2 Å². The Hall–Kier alpha value is -2.57. The van der Waals surface area contributed by atoms with Crippen LogP contribution in [0.3, 0.4) is 0 Å². The highest BCUT2D eigenvalue weighted by atomic mass is 16.5. The number of carbonyl (C=O) groups excluding carboxylic acids is 1. The smallest absolute Gasteiger partial charge is 0.223 e. The van der Waals surface area contributed by atoms with E-state index >= 15 is 0 Å². The number of likely N-dealkylation sites (tertiary alicyclic amines) is 1. The topological polar surface area (TPSA) is 69.5 Å². The number of aromatic nitrogens is 3. The average Bonchev–Trinajstić information content (AvgIpc) is 3.28. The van der Waals surface area contributed by atoms with Crippen molar-refractivity contribution in [3.8, 4) is 11.5 Å². The summed E-state index contributed by atoms with van der Waals surface area (Å²) in [6.45, 7) is 1.48. The third-order valence-corrected chi connectivity index (χ3v) is 4.79. The summed E-state index contributed by atoms with van der Waals surface area (Å²) in [6, 6.07) is 5.82. The van der Waals surface area contributed by atoms with Crippen molar-refractivity contribution in [1.82, 2.24) is 19.7 Å². The van der Waals surface area contributed by atoms with Gasteiger partial charge in [0, 0.05) is 44.5 Å². The van der Waals surface area contributed by atoms with Crippen molar-refractivity contribution in [3.05, 3.63) is 35.9 Å². The molecule has 0 aliphatic carbocycles. The summed E-state index contributed by atoms with van der Waals surface area (Å²) in [7, 11) is 5.22. The first kappa shape index (κ1) is 17.3. The molecular weight excluding hydrogens is 320 g/mol. The third kappa shape index (κ3) is 3.75. The van der Waals surface area contributed by atoms with Gasteiger partial charge >= 0.3 is 0 Å². The lowest BCUT2D eigenvalue weighted by Gasteiger charge is -2.18. The molecular formula is C18H24N4O3. The number of benzene rings is 1. The number of hydrogen-bond acceptors (Lipinski definition) is 5. The molecule has 0 radical (unpaired) electrons. The molecule has 2 aromatic rings. The Morgan fingerprint density at radius 2 is 2.16 bits per heavy atom. The van der Waals surface area contributed by atoms with Gasteiger partial charge in [-0.15, -0.1) is 10.2 Å². The molecule has 1 atom stereocenters. The summed E-state index contributed by atoms with van der Waals surface area (Å²) in [4.78, 5) is 14.4. The van der Waals surface area contributed by atoms with E-state index in [0.717, 1.165) is 35.9 Å². The molecule has 1 unspecified atom stereocenters. The van der Waals surface area contributed by atoms with E-state index in [1.54, 1.807) is 20.5 Å². The van der Waals surface area contributed by atoms with E-state index < -0.39 is 0 Å². The molecule has 1 saturated heterocycles. The van der Waals surface area contributed by atoms with Gasteiger partial charge in [-0.05, 0) is 24.6 Å². The average molecular weight is 344 g/mol. The van der Waals surface area contributed by atoms with Gasteiger partial charge < -0.3 is 18.9 Å². The Morgan fingerprint density at radius 1 is 1.32 bits per heavy atom. The lowest BCUT2D eigenvalue weighted by atomic mass is 9.97. The molecule has 0 bridgehead atoms. The minimum Gasteiger partial charge on any atom is -0.497 e. The fourth-order valence-corrected chi connectivity index (χ4v) is 3.31. The molecule has 0 spiro atoms. The molecule has 0 saturated carbocycles. The van der Waals surface area contributed by atoms with Crippen LogP contribution in [0.2, 0.25) is 0 Å². The number of carbonyl (C=O) groups is 1. The molecule has 7 nitrogen and oxygen atoms in total. The van der Waals surface area contributed by atoms with Crippen molar-refractivity contribution < 1.29 is 14.3 Å². The summed E-state index contributed by atoms with van der Waals surface area (Å²) < 4.78 is 12.7. The molecule has 1 aliphatic rings. The van der Waals surface area contributed by atoms with E-state index in [1.165, 1.54) is 0 Å². The van der Waals surface area contributed by atoms with Gasteiger partial charge in [-0.25, -0.2) is 0 Å². The maximum Gasteiger partial charge on any atom is 0.223 e. The Bertz CT molecular complexity index is 744. The predicted molar refractivity (Wildman–Crippen MR) is 92.8 cm³/mol. The SMILES string of the molecule is COc1ccc(OC)c(C2CCN(C(=O)CCc3nncn3C)C2)c1. The van der Waals surface area contributed by atoms with Crippen LogP contribution in [0.5, 0.6) is 11.5 Å². The Kier molecular flexibility index (Phi) is 5.21. The summed E-state index contributed by atoms with van der Waals surface area (Å²) in [6.07, 6.45) is 3.65. The van der Waals surface area contributed by atoms with Crippen LogP contribution in [-0.2, 0) is 18.3 Å². The standard InChI is InChI=1S/C18H24N4O3/c1-21-12-19-20-17(21)6-7-18(23)22-9-8-13(11-22)15-10-14(24-2)4-5-16(15)25-3/h4-5,10,12-13H,6-9,11H2,1-3H3. The minimum absolute atomic E-state index is 0.160. The van der Waals surface area contributed by atoms with Crippen molar-refractivity contribution in [2.24, 2.45) is 7.05 Å². The van der Waals surface area contributed by atoms with Gasteiger partial charge in [-0.3, -0.25) is 4.79 Å². The van der Waals surface area contributed by atoms with Crippen molar-refractivity contribution in [2.75, 3.05) is 27.3 Å². The van der Waals surface area contributed by atoms with Crippen LogP contribution in [-0.4, -0.2) is 52.9 Å². The van der Waals surface area contributed by atoms with E-state index in [-0.39, 0.29) is 11.8 Å². The van der Waals surface area contributed by atoms with Gasteiger partial charge in [0.2, 0.25) is 5.91 Å². The van der Waals surface area contributed by atoms with Crippen LogP contribution < -0.4 is 9.47 Å². The first-order valence-electron chi connectivity index (χ1n) is 8.45. The molecule has 2 heterocycles. The Labute approximate surface area is 147 Å². The van der Waals surface area contributed by atoms with Gasteiger partial charge in [0.05, 0.1) is 14.2 Å². The van der Waals surface area contributed by atoms with Crippen LogP contribution in [0.15, 0.2) is 24.5 Å². The molecule has 1 amide bonds. The Morgan fingerprint density at radius 3 is 2.84 bits per heavy atom. The number of nitrogens with zero attached hydrogens (tertiary/aromatic N) is 4. The van der Waals surface area contributed by atoms with Crippen LogP contribution in [0.4, 0.5) is 0 Å². The molecule has 1 aromatic carbocycles. The van der Waals surface area contributed by atoms with E-state index in [4.69, 9.17) is 9.47 Å². The van der Waals surface area contributed by atoms with Gasteiger partial charge in [0.1, 0.15) is 23.7 Å². The van der Waals surface area contributed by atoms with Crippen molar-refractivity contribution in [3.63, 3.8) is 0 Å². The zero-order chi connectivity index (χ0) is 17.8. The van der Waals surface area contributed by atoms with Crippen molar-refractivity contribution in [1.29, 1.82) is 0 Å². The minimum atomic E-state index is 0.160. The molecule has 7 heteroatoms. The maximum atomic E-state index is 12.5. The first-order chi connectivity index (χ1) is 12.1. The quantitative estimate of drug-likeness (QED) is 0.799. The zero-order valence-electron chi connectivity index (χ0n) is 14.9. The van der Waals surface area contributed by atoms with Crippen molar-refractivity contribution >= 4 is 5.91 Å². The number of rotatable bonds is 6. The van der Waals surface area contributed by atoms with Gasteiger partial charge in [0.15, 0.2) is 0 Å². The molecule has 0 N–H and O–H groups in total. The van der Waals surface area contributed by atoms with Gasteiger partial charge in [-0.1, -0.05) is 0 Å². The van der Waals surface area contributed by atoms with E-state index in [1.807, 2.05) is 34.7 Å². The van der Waals surface area contributed by atoms with Crippen LogP contribution in [0.25, 0.3) is 0 Å². The second kappa shape index (κ2) is 7.55. The van der Waals surface area contributed by atoms with Crippen LogP contribution in [0.1, 0.15) is 30.1 Å². The predicted octanol–water partition coefficient (Wildman–Crippen LogP) is 1.78. The highest BCUT2D eigenvalue weighted by Gasteiger charge is 2.29. The van der Waals surface area contributed by atoms with E-state index in [0.29, 0.717) is 19.4 Å². The third-order valence-electron chi connectivity index (χ3n) is 4.79. The number of aryl methyl sites for hydroxylation is 2. The number of ether oxygens (including phenoxy) is 2. The molecule has 1 fully saturated rings. The summed E-state index contributed by atoms with van der Waals surface area (Å²) in [5.41, 5.74) is 1.10. The fraction of sp³-hybridized carbons (Fsp3) is 0.500. The largest absolute Gasteiger partial charge is 0.497 e. The molecule has 3 rings (SSSR count). The molecule has 1 aromatic heterocycles. The summed E-state index contributed by atoms with van der Waals surface area (Å²) in [5, 5.41) is 7.88. The molecule has 1 aliphatic heterocycles. The van der Waals surface area contributed by atoms with Gasteiger partial charge in [0.25, 0.3) is 0 Å². The molecule has 134 valence electrons. The highest BCUT2D eigenvalue weighted by molar-refractivity contribution is 5.76. The summed E-state index contributed by atoms with van der Waals surface area (Å²) in [5.74, 6) is 2.91. The first-order valence-corrected chi connectivity index (χ1v) is 8.45. The van der Waals surface area contributed by atoms with Crippen LogP contribution in [0, 0.1) is 0 Å². The van der Waals surface area contributed by atoms with E-state index in [2.05, 4.69) is 10.2 Å². The number of methoxy groups -OCH3 is 2. The Balaban J connectivity index is 1.63. The highest BCUT2D eigenvalue weighted by Crippen LogP contribution is 2.36. The maximum absolute atomic E-state index is 12.5. The normalized spacial score (nSPS) is 16.9. The second-order valence-corrected chi connectivity index (χ2v) is 6.29.